The Morgan fingerprint density at radius 1 is 0.848 bits per heavy atom. The second kappa shape index (κ2) is 8.97. The minimum Gasteiger partial charge on any atom is -0.457 e. The highest BCUT2D eigenvalue weighted by Gasteiger charge is 2.36. The number of hydrogen-bond acceptors (Lipinski definition) is 3. The number of hydrogen-bond donors (Lipinski definition) is 1. The first-order valence-electron chi connectivity index (χ1n) is 9.07. The molecule has 33 heavy (non-hydrogen) atoms. The van der Waals surface area contributed by atoms with Crippen LogP contribution in [-0.2, 0) is 18.9 Å². The molecule has 0 saturated carbocycles. The zero-order valence-electron chi connectivity index (χ0n) is 16.3. The average molecular weight is 472 g/mol. The molecule has 0 amide bonds. The lowest BCUT2D eigenvalue weighted by Gasteiger charge is -2.17. The van der Waals surface area contributed by atoms with E-state index in [1.165, 1.54) is 6.07 Å². The van der Waals surface area contributed by atoms with Crippen molar-refractivity contribution in [2.45, 2.75) is 18.9 Å². The molecule has 0 aromatic heterocycles. The summed E-state index contributed by atoms with van der Waals surface area (Å²) in [5.41, 5.74) is -3.35. The summed E-state index contributed by atoms with van der Waals surface area (Å²) in [4.78, 5) is 0. The van der Waals surface area contributed by atoms with E-state index in [4.69, 9.17) is 10.00 Å². The standard InChI is InChI=1S/C22H12F8N2O/c23-18-7-3-14(9-12(18)10-31)32-11-16-19(8-6-17(20(16)24)22(28,29)30)33-15-4-1-13(2-5-15)21(25,26)27/h1-9,32H,11H2. The third kappa shape index (κ3) is 5.52. The molecule has 0 unspecified atom stereocenters. The lowest BCUT2D eigenvalue weighted by atomic mass is 10.1. The van der Waals surface area contributed by atoms with Gasteiger partial charge in [0.25, 0.3) is 0 Å². The number of nitrogens with one attached hydrogen (secondary N) is 1. The topological polar surface area (TPSA) is 45.0 Å². The molecule has 0 heterocycles. The van der Waals surface area contributed by atoms with Gasteiger partial charge in [0.05, 0.1) is 22.3 Å². The highest BCUT2D eigenvalue weighted by Crippen LogP contribution is 2.38. The molecule has 0 radical (unpaired) electrons. The first-order valence-corrected chi connectivity index (χ1v) is 9.07. The van der Waals surface area contributed by atoms with Crippen LogP contribution in [0.5, 0.6) is 11.5 Å². The quantitative estimate of drug-likeness (QED) is 0.397. The van der Waals surface area contributed by atoms with Crippen LogP contribution in [0.15, 0.2) is 54.6 Å². The second-order valence-corrected chi connectivity index (χ2v) is 6.69. The number of ether oxygens (including phenoxy) is 1. The van der Waals surface area contributed by atoms with E-state index in [-0.39, 0.29) is 22.7 Å². The molecule has 0 bridgehead atoms. The maximum Gasteiger partial charge on any atom is 0.419 e. The Morgan fingerprint density at radius 2 is 1.52 bits per heavy atom. The van der Waals surface area contributed by atoms with E-state index in [1.807, 2.05) is 0 Å². The molecule has 172 valence electrons. The van der Waals surface area contributed by atoms with Crippen LogP contribution < -0.4 is 10.1 Å². The summed E-state index contributed by atoms with van der Waals surface area (Å²) in [6, 6.07) is 9.39. The van der Waals surface area contributed by atoms with E-state index in [0.29, 0.717) is 18.2 Å². The molecule has 1 N–H and O–H groups in total. The molecule has 3 aromatic rings. The summed E-state index contributed by atoms with van der Waals surface area (Å²) in [7, 11) is 0. The summed E-state index contributed by atoms with van der Waals surface area (Å²) in [6.07, 6.45) is -9.62. The van der Waals surface area contributed by atoms with Crippen molar-refractivity contribution >= 4 is 5.69 Å². The highest BCUT2D eigenvalue weighted by atomic mass is 19.4. The lowest BCUT2D eigenvalue weighted by molar-refractivity contribution is -0.140. The van der Waals surface area contributed by atoms with E-state index in [1.54, 1.807) is 6.07 Å². The molecular formula is C22H12F8N2O. The fourth-order valence-corrected chi connectivity index (χ4v) is 2.83. The minimum atomic E-state index is -5.02. The Morgan fingerprint density at radius 3 is 2.09 bits per heavy atom. The predicted octanol–water partition coefficient (Wildman–Crippen LogP) is 7.28. The molecule has 0 atom stereocenters. The van der Waals surface area contributed by atoms with Gasteiger partial charge in [-0.15, -0.1) is 0 Å². The number of halogens is 8. The third-order valence-corrected chi connectivity index (χ3v) is 4.47. The molecule has 11 heteroatoms. The van der Waals surface area contributed by atoms with Crippen molar-refractivity contribution in [3.05, 3.63) is 88.5 Å². The highest BCUT2D eigenvalue weighted by molar-refractivity contribution is 5.52. The van der Waals surface area contributed by atoms with Crippen molar-refractivity contribution < 1.29 is 39.9 Å². The number of nitrogens with zero attached hydrogens (tertiary/aromatic N) is 1. The van der Waals surface area contributed by atoms with Crippen molar-refractivity contribution in [1.82, 2.24) is 0 Å². The van der Waals surface area contributed by atoms with Crippen LogP contribution in [0.3, 0.4) is 0 Å². The van der Waals surface area contributed by atoms with Gasteiger partial charge in [0.1, 0.15) is 29.2 Å². The molecule has 0 spiro atoms. The average Bonchev–Trinajstić information content (AvgIpc) is 2.73. The van der Waals surface area contributed by atoms with Crippen molar-refractivity contribution in [1.29, 1.82) is 5.26 Å². The zero-order valence-corrected chi connectivity index (χ0v) is 16.3. The summed E-state index contributed by atoms with van der Waals surface area (Å²) in [6.45, 7) is -0.567. The molecule has 0 fully saturated rings. The zero-order chi connectivity index (χ0) is 24.4. The fraction of sp³-hybridized carbons (Fsp3) is 0.136. The van der Waals surface area contributed by atoms with Gasteiger partial charge in [-0.25, -0.2) is 8.78 Å². The molecule has 0 saturated heterocycles. The van der Waals surface area contributed by atoms with Crippen molar-refractivity contribution in [3.8, 4) is 17.6 Å². The van der Waals surface area contributed by atoms with Crippen LogP contribution in [0, 0.1) is 23.0 Å². The molecule has 0 aliphatic heterocycles. The fourth-order valence-electron chi connectivity index (χ4n) is 2.83. The smallest absolute Gasteiger partial charge is 0.419 e. The van der Waals surface area contributed by atoms with Crippen LogP contribution in [0.4, 0.5) is 40.8 Å². The molecule has 3 nitrogen and oxygen atoms in total. The maximum absolute atomic E-state index is 14.8. The molecular weight excluding hydrogens is 460 g/mol. The maximum atomic E-state index is 14.8. The van der Waals surface area contributed by atoms with E-state index in [0.717, 1.165) is 30.3 Å². The van der Waals surface area contributed by atoms with E-state index >= 15 is 0 Å². The summed E-state index contributed by atoms with van der Waals surface area (Å²) < 4.78 is 111. The van der Waals surface area contributed by atoms with Gasteiger partial charge in [-0.1, -0.05) is 0 Å². The summed E-state index contributed by atoms with van der Waals surface area (Å²) >= 11 is 0. The van der Waals surface area contributed by atoms with Crippen molar-refractivity contribution in [3.63, 3.8) is 0 Å². The lowest BCUT2D eigenvalue weighted by Crippen LogP contribution is -2.13. The van der Waals surface area contributed by atoms with Gasteiger partial charge in [0.15, 0.2) is 0 Å². The Hall–Kier alpha value is -3.81. The number of anilines is 1. The number of nitriles is 1. The van der Waals surface area contributed by atoms with Crippen LogP contribution in [0.2, 0.25) is 0 Å². The van der Waals surface area contributed by atoms with Gasteiger partial charge in [0, 0.05) is 12.2 Å². The molecule has 3 aromatic carbocycles. The Balaban J connectivity index is 1.95. The van der Waals surface area contributed by atoms with Crippen LogP contribution in [0.1, 0.15) is 22.3 Å². The van der Waals surface area contributed by atoms with Gasteiger partial charge < -0.3 is 10.1 Å². The monoisotopic (exact) mass is 472 g/mol. The molecule has 0 aliphatic rings. The van der Waals surface area contributed by atoms with Crippen molar-refractivity contribution in [2.24, 2.45) is 0 Å². The summed E-state index contributed by atoms with van der Waals surface area (Å²) in [5.74, 6) is -3.02. The molecule has 0 aliphatic carbocycles. The molecule has 3 rings (SSSR count). The third-order valence-electron chi connectivity index (χ3n) is 4.47. The van der Waals surface area contributed by atoms with Gasteiger partial charge >= 0.3 is 12.4 Å². The predicted molar refractivity (Wildman–Crippen MR) is 101 cm³/mol. The number of benzene rings is 3. The van der Waals surface area contributed by atoms with Crippen LogP contribution in [-0.4, -0.2) is 0 Å². The Kier molecular flexibility index (Phi) is 6.48. The minimum absolute atomic E-state index is 0.116. The van der Waals surface area contributed by atoms with Gasteiger partial charge in [-0.05, 0) is 54.6 Å². The van der Waals surface area contributed by atoms with Crippen LogP contribution in [0.25, 0.3) is 0 Å². The van der Waals surface area contributed by atoms with Gasteiger partial charge in [0.2, 0.25) is 0 Å². The normalized spacial score (nSPS) is 11.7. The van der Waals surface area contributed by atoms with E-state index < -0.39 is 47.2 Å². The summed E-state index contributed by atoms with van der Waals surface area (Å²) in [5, 5.41) is 11.5. The van der Waals surface area contributed by atoms with E-state index in [2.05, 4.69) is 5.32 Å². The second-order valence-electron chi connectivity index (χ2n) is 6.69. The first-order chi connectivity index (χ1) is 15.4. The first kappa shape index (κ1) is 23.8. The SMILES string of the molecule is N#Cc1cc(NCc2c(Oc3ccc(C(F)(F)F)cc3)ccc(C(F)(F)F)c2F)ccc1F. The van der Waals surface area contributed by atoms with Gasteiger partial charge in [-0.3, -0.25) is 0 Å². The number of alkyl halides is 6. The Labute approximate surface area is 181 Å². The Bertz CT molecular complexity index is 1200. The largest absolute Gasteiger partial charge is 0.457 e. The van der Waals surface area contributed by atoms with Crippen molar-refractivity contribution in [2.75, 3.05) is 5.32 Å². The van der Waals surface area contributed by atoms with Gasteiger partial charge in [-0.2, -0.15) is 31.6 Å². The number of rotatable bonds is 5. The van der Waals surface area contributed by atoms with Crippen LogP contribution >= 0.6 is 0 Å². The van der Waals surface area contributed by atoms with E-state index in [9.17, 15) is 35.1 Å².